The highest BCUT2D eigenvalue weighted by Crippen LogP contribution is 2.26. The van der Waals surface area contributed by atoms with Gasteiger partial charge in [-0.1, -0.05) is 42.5 Å². The number of aromatic nitrogens is 4. The number of fused-ring (bicyclic) bond motifs is 1. The van der Waals surface area contributed by atoms with Gasteiger partial charge in [-0.2, -0.15) is 0 Å². The summed E-state index contributed by atoms with van der Waals surface area (Å²) >= 11 is 0. The third kappa shape index (κ3) is 5.06. The topological polar surface area (TPSA) is 88.3 Å². The SMILES string of the molecule is OC[C@@H]1CN(CCc2ccccc2)C[C@H](n2cnc3c(NCc4ccc(F)cc4)ncnc32)O1. The molecule has 1 fully saturated rings. The monoisotopic (exact) mass is 462 g/mol. The van der Waals surface area contributed by atoms with Gasteiger partial charge in [-0.25, -0.2) is 19.3 Å². The molecule has 9 heteroatoms. The van der Waals surface area contributed by atoms with Gasteiger partial charge in [0.1, 0.15) is 18.4 Å². The highest BCUT2D eigenvalue weighted by atomic mass is 19.1. The lowest BCUT2D eigenvalue weighted by atomic mass is 10.1. The molecule has 2 aromatic heterocycles. The van der Waals surface area contributed by atoms with E-state index in [1.54, 1.807) is 18.5 Å². The Hall–Kier alpha value is -3.40. The van der Waals surface area contributed by atoms with Crippen LogP contribution in [0.4, 0.5) is 10.2 Å². The third-order valence-corrected chi connectivity index (χ3v) is 6.03. The molecule has 2 N–H and O–H groups in total. The van der Waals surface area contributed by atoms with Crippen molar-refractivity contribution < 1.29 is 14.2 Å². The number of halogens is 1. The van der Waals surface area contributed by atoms with Crippen molar-refractivity contribution in [2.75, 3.05) is 31.6 Å². The second-order valence-electron chi connectivity index (χ2n) is 8.42. The molecule has 0 radical (unpaired) electrons. The summed E-state index contributed by atoms with van der Waals surface area (Å²) < 4.78 is 21.2. The second-order valence-corrected chi connectivity index (χ2v) is 8.42. The Morgan fingerprint density at radius 2 is 1.82 bits per heavy atom. The number of rotatable bonds is 8. The molecule has 0 bridgehead atoms. The van der Waals surface area contributed by atoms with E-state index in [0.717, 1.165) is 18.5 Å². The summed E-state index contributed by atoms with van der Waals surface area (Å²) in [4.78, 5) is 15.6. The number of hydrogen-bond donors (Lipinski definition) is 2. The summed E-state index contributed by atoms with van der Waals surface area (Å²) in [5.74, 6) is 0.335. The molecule has 2 atom stereocenters. The molecule has 1 aliphatic rings. The first-order valence-electron chi connectivity index (χ1n) is 11.4. The van der Waals surface area contributed by atoms with Crippen LogP contribution in [-0.2, 0) is 17.7 Å². The van der Waals surface area contributed by atoms with E-state index in [9.17, 15) is 9.50 Å². The summed E-state index contributed by atoms with van der Waals surface area (Å²) in [7, 11) is 0. The van der Waals surface area contributed by atoms with Gasteiger partial charge in [-0.15, -0.1) is 0 Å². The van der Waals surface area contributed by atoms with Crippen LogP contribution in [0.15, 0.2) is 67.3 Å². The second kappa shape index (κ2) is 10.3. The lowest BCUT2D eigenvalue weighted by molar-refractivity contribution is -0.133. The van der Waals surface area contributed by atoms with Crippen LogP contribution in [0.25, 0.3) is 11.2 Å². The van der Waals surface area contributed by atoms with Crippen molar-refractivity contribution >= 4 is 17.0 Å². The van der Waals surface area contributed by atoms with Crippen molar-refractivity contribution in [2.24, 2.45) is 0 Å². The zero-order valence-electron chi connectivity index (χ0n) is 18.7. The van der Waals surface area contributed by atoms with E-state index in [2.05, 4.69) is 37.3 Å². The number of ether oxygens (including phenoxy) is 1. The number of aliphatic hydroxyl groups excluding tert-OH is 1. The summed E-state index contributed by atoms with van der Waals surface area (Å²) in [6, 6.07) is 16.7. The van der Waals surface area contributed by atoms with E-state index in [4.69, 9.17) is 4.74 Å². The Labute approximate surface area is 197 Å². The molecule has 8 nitrogen and oxygen atoms in total. The number of anilines is 1. The number of hydrogen-bond acceptors (Lipinski definition) is 7. The van der Waals surface area contributed by atoms with E-state index in [0.29, 0.717) is 36.6 Å². The van der Waals surface area contributed by atoms with Crippen LogP contribution in [0.3, 0.4) is 0 Å². The highest BCUT2D eigenvalue weighted by molar-refractivity contribution is 5.82. The van der Waals surface area contributed by atoms with Gasteiger partial charge in [-0.05, 0) is 29.7 Å². The van der Waals surface area contributed by atoms with Crippen molar-refractivity contribution in [3.63, 3.8) is 0 Å². The van der Waals surface area contributed by atoms with Gasteiger partial charge in [0.25, 0.3) is 0 Å². The molecule has 0 aliphatic carbocycles. The predicted octanol–water partition coefficient (Wildman–Crippen LogP) is 3.01. The summed E-state index contributed by atoms with van der Waals surface area (Å²) in [5.41, 5.74) is 3.50. The Kier molecular flexibility index (Phi) is 6.75. The van der Waals surface area contributed by atoms with Crippen molar-refractivity contribution in [1.82, 2.24) is 24.4 Å². The van der Waals surface area contributed by atoms with Gasteiger partial charge < -0.3 is 15.2 Å². The van der Waals surface area contributed by atoms with Crippen LogP contribution in [0.2, 0.25) is 0 Å². The van der Waals surface area contributed by atoms with E-state index in [1.165, 1.54) is 24.0 Å². The van der Waals surface area contributed by atoms with Gasteiger partial charge >= 0.3 is 0 Å². The molecule has 0 saturated carbocycles. The smallest absolute Gasteiger partial charge is 0.167 e. The maximum Gasteiger partial charge on any atom is 0.167 e. The van der Waals surface area contributed by atoms with Crippen molar-refractivity contribution in [3.05, 3.63) is 84.2 Å². The minimum absolute atomic E-state index is 0.0512. The summed E-state index contributed by atoms with van der Waals surface area (Å²) in [5, 5.41) is 13.1. The number of benzene rings is 2. The average molecular weight is 463 g/mol. The predicted molar refractivity (Wildman–Crippen MR) is 127 cm³/mol. The molecule has 1 aliphatic heterocycles. The number of nitrogens with one attached hydrogen (secondary N) is 1. The van der Waals surface area contributed by atoms with Crippen LogP contribution in [0.1, 0.15) is 17.4 Å². The number of nitrogens with zero attached hydrogens (tertiary/aromatic N) is 5. The Morgan fingerprint density at radius 1 is 1.00 bits per heavy atom. The average Bonchev–Trinajstić information content (AvgIpc) is 3.32. The molecule has 0 unspecified atom stereocenters. The fraction of sp³-hybridized carbons (Fsp3) is 0.320. The molecule has 4 aromatic rings. The molecule has 176 valence electrons. The van der Waals surface area contributed by atoms with Gasteiger partial charge in [-0.3, -0.25) is 9.47 Å². The van der Waals surface area contributed by atoms with Crippen LogP contribution in [-0.4, -0.2) is 61.9 Å². The van der Waals surface area contributed by atoms with Crippen LogP contribution in [0.5, 0.6) is 0 Å². The van der Waals surface area contributed by atoms with E-state index in [-0.39, 0.29) is 24.8 Å². The number of aliphatic hydroxyl groups is 1. The molecule has 1 saturated heterocycles. The maximum absolute atomic E-state index is 13.2. The van der Waals surface area contributed by atoms with E-state index >= 15 is 0 Å². The fourth-order valence-electron chi connectivity index (χ4n) is 4.24. The first kappa shape index (κ1) is 22.4. The highest BCUT2D eigenvalue weighted by Gasteiger charge is 2.30. The zero-order valence-corrected chi connectivity index (χ0v) is 18.7. The third-order valence-electron chi connectivity index (χ3n) is 6.03. The number of morpholine rings is 1. The van der Waals surface area contributed by atoms with Gasteiger partial charge in [0.15, 0.2) is 17.0 Å². The van der Waals surface area contributed by atoms with Gasteiger partial charge in [0, 0.05) is 26.2 Å². The molecule has 0 spiro atoms. The molecular weight excluding hydrogens is 435 g/mol. The van der Waals surface area contributed by atoms with E-state index in [1.807, 2.05) is 22.8 Å². The van der Waals surface area contributed by atoms with Gasteiger partial charge in [0.05, 0.1) is 19.0 Å². The lowest BCUT2D eigenvalue weighted by Gasteiger charge is -2.37. The van der Waals surface area contributed by atoms with Gasteiger partial charge in [0.2, 0.25) is 0 Å². The quantitative estimate of drug-likeness (QED) is 0.416. The van der Waals surface area contributed by atoms with E-state index < -0.39 is 0 Å². The van der Waals surface area contributed by atoms with Crippen LogP contribution >= 0.6 is 0 Å². The maximum atomic E-state index is 13.2. The molecular formula is C25H27FN6O2. The van der Waals surface area contributed by atoms with Crippen molar-refractivity contribution in [1.29, 1.82) is 0 Å². The molecule has 0 amide bonds. The minimum Gasteiger partial charge on any atom is -0.394 e. The molecule has 3 heterocycles. The lowest BCUT2D eigenvalue weighted by Crippen LogP contribution is -2.47. The Morgan fingerprint density at radius 3 is 2.62 bits per heavy atom. The first-order valence-corrected chi connectivity index (χ1v) is 11.4. The number of imidazole rings is 1. The van der Waals surface area contributed by atoms with Crippen LogP contribution in [0, 0.1) is 5.82 Å². The summed E-state index contributed by atoms with van der Waals surface area (Å²) in [6.45, 7) is 2.64. The fourth-order valence-corrected chi connectivity index (χ4v) is 4.24. The molecule has 5 rings (SSSR count). The molecule has 2 aromatic carbocycles. The largest absolute Gasteiger partial charge is 0.394 e. The zero-order chi connectivity index (χ0) is 23.3. The standard InChI is InChI=1S/C25H27FN6O2/c26-20-8-6-19(7-9-20)12-27-24-23-25(29-16-28-24)32(17-30-23)22-14-31(13-21(15-33)34-22)11-10-18-4-2-1-3-5-18/h1-9,16-17,21-22,33H,10-15H2,(H,27,28,29)/t21-,22+/m0/s1. The summed E-state index contributed by atoms with van der Waals surface area (Å²) in [6.07, 6.45) is 3.52. The first-order chi connectivity index (χ1) is 16.7. The molecule has 34 heavy (non-hydrogen) atoms. The van der Waals surface area contributed by atoms with Crippen molar-refractivity contribution in [3.8, 4) is 0 Å². The minimum atomic E-state index is -0.327. The Bertz CT molecular complexity index is 1220. The normalized spacial score (nSPS) is 18.9. The van der Waals surface area contributed by atoms with Crippen LogP contribution < -0.4 is 5.32 Å². The Balaban J connectivity index is 1.32. The van der Waals surface area contributed by atoms with Crippen molar-refractivity contribution in [2.45, 2.75) is 25.3 Å².